The van der Waals surface area contributed by atoms with Crippen molar-refractivity contribution in [3.8, 4) is 0 Å². The van der Waals surface area contributed by atoms with Gasteiger partial charge >= 0.3 is 0 Å². The topological polar surface area (TPSA) is 12.0 Å². The predicted molar refractivity (Wildman–Crippen MR) is 51.1 cm³/mol. The molecule has 0 aliphatic heterocycles. The molecular weight excluding hydrogens is 165 g/mol. The third-order valence-corrected chi connectivity index (χ3v) is 2.41. The molecule has 0 atom stereocenters. The molecule has 0 saturated heterocycles. The van der Waals surface area contributed by atoms with Gasteiger partial charge in [0.15, 0.2) is 0 Å². The Kier molecular flexibility index (Phi) is 2.32. The third kappa shape index (κ3) is 2.07. The molecule has 13 heavy (non-hydrogen) atoms. The number of hydrogen-bond donors (Lipinski definition) is 1. The highest BCUT2D eigenvalue weighted by Crippen LogP contribution is 2.40. The zero-order valence-electron chi connectivity index (χ0n) is 7.81. The summed E-state index contributed by atoms with van der Waals surface area (Å²) in [6.45, 7) is 0.748. The van der Waals surface area contributed by atoms with Crippen molar-refractivity contribution >= 4 is 0 Å². The molecule has 1 aromatic rings. The zero-order chi connectivity index (χ0) is 9.26. The van der Waals surface area contributed by atoms with E-state index in [9.17, 15) is 4.39 Å². The second-order valence-corrected chi connectivity index (χ2v) is 3.70. The first kappa shape index (κ1) is 8.70. The molecule has 1 saturated carbocycles. The Morgan fingerprint density at radius 1 is 1.38 bits per heavy atom. The Hall–Kier alpha value is -0.890. The molecule has 1 aromatic carbocycles. The highest BCUT2D eigenvalue weighted by Gasteiger charge is 2.24. The van der Waals surface area contributed by atoms with Gasteiger partial charge in [-0.25, -0.2) is 4.39 Å². The van der Waals surface area contributed by atoms with Gasteiger partial charge in [-0.2, -0.15) is 0 Å². The first-order valence-corrected chi connectivity index (χ1v) is 4.73. The van der Waals surface area contributed by atoms with Crippen molar-refractivity contribution in [3.05, 3.63) is 35.1 Å². The molecule has 0 radical (unpaired) electrons. The molecule has 0 heterocycles. The maximum atomic E-state index is 13.1. The van der Waals surface area contributed by atoms with E-state index in [-0.39, 0.29) is 5.82 Å². The monoisotopic (exact) mass is 179 g/mol. The SMILES string of the molecule is CNCc1cc(F)cc(C2CC2)c1. The van der Waals surface area contributed by atoms with Gasteiger partial charge in [-0.15, -0.1) is 0 Å². The molecule has 1 nitrogen and oxygen atoms in total. The molecule has 0 bridgehead atoms. The van der Waals surface area contributed by atoms with Crippen molar-refractivity contribution in [1.29, 1.82) is 0 Å². The van der Waals surface area contributed by atoms with Crippen molar-refractivity contribution in [2.24, 2.45) is 0 Å². The van der Waals surface area contributed by atoms with Gasteiger partial charge in [0.2, 0.25) is 0 Å². The largest absolute Gasteiger partial charge is 0.316 e. The summed E-state index contributed by atoms with van der Waals surface area (Å²) in [7, 11) is 1.88. The van der Waals surface area contributed by atoms with Crippen molar-refractivity contribution in [2.75, 3.05) is 7.05 Å². The molecule has 2 rings (SSSR count). The summed E-state index contributed by atoms with van der Waals surface area (Å²) in [5.41, 5.74) is 2.22. The Balaban J connectivity index is 2.25. The maximum absolute atomic E-state index is 13.1. The van der Waals surface area contributed by atoms with Crippen LogP contribution in [0.2, 0.25) is 0 Å². The van der Waals surface area contributed by atoms with Gasteiger partial charge in [0.1, 0.15) is 5.82 Å². The second-order valence-electron chi connectivity index (χ2n) is 3.70. The van der Waals surface area contributed by atoms with Crippen LogP contribution in [0.25, 0.3) is 0 Å². The quantitative estimate of drug-likeness (QED) is 0.751. The van der Waals surface area contributed by atoms with Crippen LogP contribution in [-0.4, -0.2) is 7.05 Å². The lowest BCUT2D eigenvalue weighted by molar-refractivity contribution is 0.621. The lowest BCUT2D eigenvalue weighted by Crippen LogP contribution is -2.05. The summed E-state index contributed by atoms with van der Waals surface area (Å²) < 4.78 is 13.1. The molecule has 1 aliphatic rings. The Morgan fingerprint density at radius 3 is 2.77 bits per heavy atom. The van der Waals surface area contributed by atoms with Gasteiger partial charge in [0, 0.05) is 6.54 Å². The lowest BCUT2D eigenvalue weighted by atomic mass is 10.1. The van der Waals surface area contributed by atoms with Crippen LogP contribution in [0.4, 0.5) is 4.39 Å². The van der Waals surface area contributed by atoms with Crippen LogP contribution in [0.1, 0.15) is 29.9 Å². The summed E-state index contributed by atoms with van der Waals surface area (Å²) in [4.78, 5) is 0. The average molecular weight is 179 g/mol. The summed E-state index contributed by atoms with van der Waals surface area (Å²) in [6, 6.07) is 5.37. The van der Waals surface area contributed by atoms with E-state index >= 15 is 0 Å². The van der Waals surface area contributed by atoms with Crippen LogP contribution >= 0.6 is 0 Å². The normalized spacial score (nSPS) is 16.2. The second kappa shape index (κ2) is 3.46. The molecule has 0 unspecified atom stereocenters. The summed E-state index contributed by atoms with van der Waals surface area (Å²) in [5, 5.41) is 3.03. The van der Waals surface area contributed by atoms with Crippen molar-refractivity contribution in [3.63, 3.8) is 0 Å². The summed E-state index contributed by atoms with van der Waals surface area (Å²) >= 11 is 0. The standard InChI is InChI=1S/C11H14FN/c1-13-7-8-4-10(9-2-3-9)6-11(12)5-8/h4-6,9,13H,2-3,7H2,1H3. The lowest BCUT2D eigenvalue weighted by Gasteiger charge is -2.04. The fourth-order valence-electron chi connectivity index (χ4n) is 1.63. The van der Waals surface area contributed by atoms with Crippen LogP contribution in [-0.2, 0) is 6.54 Å². The van der Waals surface area contributed by atoms with Gasteiger partial charge in [-0.05, 0) is 49.1 Å². The predicted octanol–water partition coefficient (Wildman–Crippen LogP) is 2.42. The minimum atomic E-state index is -0.102. The number of benzene rings is 1. The zero-order valence-corrected chi connectivity index (χ0v) is 7.81. The minimum absolute atomic E-state index is 0.102. The van der Waals surface area contributed by atoms with Gasteiger partial charge in [0.25, 0.3) is 0 Å². The van der Waals surface area contributed by atoms with Gasteiger partial charge in [-0.3, -0.25) is 0 Å². The number of halogens is 1. The van der Waals surface area contributed by atoms with Gasteiger partial charge in [-0.1, -0.05) is 6.07 Å². The van der Waals surface area contributed by atoms with Crippen molar-refractivity contribution < 1.29 is 4.39 Å². The van der Waals surface area contributed by atoms with E-state index in [1.807, 2.05) is 7.05 Å². The van der Waals surface area contributed by atoms with Crippen molar-refractivity contribution in [2.45, 2.75) is 25.3 Å². The van der Waals surface area contributed by atoms with Crippen molar-refractivity contribution in [1.82, 2.24) is 5.32 Å². The van der Waals surface area contributed by atoms with E-state index in [4.69, 9.17) is 0 Å². The molecule has 1 fully saturated rings. The number of nitrogens with one attached hydrogen (secondary N) is 1. The minimum Gasteiger partial charge on any atom is -0.316 e. The summed E-state index contributed by atoms with van der Waals surface area (Å²) in [5.74, 6) is 0.529. The fraction of sp³-hybridized carbons (Fsp3) is 0.455. The van der Waals surface area contributed by atoms with Crippen LogP contribution < -0.4 is 5.32 Å². The molecule has 1 N–H and O–H groups in total. The van der Waals surface area contributed by atoms with E-state index in [2.05, 4.69) is 11.4 Å². The molecule has 2 heteroatoms. The van der Waals surface area contributed by atoms with Crippen LogP contribution in [0, 0.1) is 5.82 Å². The first-order valence-electron chi connectivity index (χ1n) is 4.73. The van der Waals surface area contributed by atoms with Gasteiger partial charge < -0.3 is 5.32 Å². The molecule has 1 aliphatic carbocycles. The van der Waals surface area contributed by atoms with E-state index in [1.54, 1.807) is 12.1 Å². The van der Waals surface area contributed by atoms with E-state index in [1.165, 1.54) is 18.4 Å². The molecule has 0 spiro atoms. The molecular formula is C11H14FN. The van der Waals surface area contributed by atoms with Crippen LogP contribution in [0.15, 0.2) is 18.2 Å². The Labute approximate surface area is 78.0 Å². The van der Waals surface area contributed by atoms with Crippen LogP contribution in [0.5, 0.6) is 0 Å². The fourth-order valence-corrected chi connectivity index (χ4v) is 1.63. The summed E-state index contributed by atoms with van der Waals surface area (Å²) in [6.07, 6.45) is 2.45. The number of rotatable bonds is 3. The molecule has 70 valence electrons. The average Bonchev–Trinajstić information content (AvgIpc) is 2.85. The first-order chi connectivity index (χ1) is 6.29. The highest BCUT2D eigenvalue weighted by molar-refractivity contribution is 5.30. The third-order valence-electron chi connectivity index (χ3n) is 2.41. The Morgan fingerprint density at radius 2 is 2.15 bits per heavy atom. The highest BCUT2D eigenvalue weighted by atomic mass is 19.1. The smallest absolute Gasteiger partial charge is 0.123 e. The number of hydrogen-bond acceptors (Lipinski definition) is 1. The molecule has 0 aromatic heterocycles. The maximum Gasteiger partial charge on any atom is 0.123 e. The van der Waals surface area contributed by atoms with Crippen LogP contribution in [0.3, 0.4) is 0 Å². The van der Waals surface area contributed by atoms with E-state index in [0.717, 1.165) is 12.1 Å². The Bertz CT molecular complexity index is 305. The van der Waals surface area contributed by atoms with Gasteiger partial charge in [0.05, 0.1) is 0 Å². The van der Waals surface area contributed by atoms with E-state index < -0.39 is 0 Å². The molecule has 0 amide bonds. The van der Waals surface area contributed by atoms with E-state index in [0.29, 0.717) is 5.92 Å².